The molecule has 1 amide bonds. The molecule has 0 saturated carbocycles. The number of rotatable bonds is 8. The molecule has 0 fully saturated rings. The van der Waals surface area contributed by atoms with Crippen molar-refractivity contribution in [2.24, 2.45) is 0 Å². The van der Waals surface area contributed by atoms with Crippen LogP contribution in [0, 0.1) is 0 Å². The fourth-order valence-electron chi connectivity index (χ4n) is 2.96. The van der Waals surface area contributed by atoms with Gasteiger partial charge in [0.25, 0.3) is 5.56 Å². The van der Waals surface area contributed by atoms with Crippen LogP contribution in [0.25, 0.3) is 10.9 Å². The van der Waals surface area contributed by atoms with Crippen molar-refractivity contribution in [1.82, 2.24) is 14.9 Å². The SMILES string of the molecule is CCCn1c(SCC(=O)NCc2ccc(C(=O)OC)cc2)nc2cc(Cl)ccc2c1=O. The number of aromatic nitrogens is 2. The highest BCUT2D eigenvalue weighted by atomic mass is 35.5. The molecular formula is C22H22ClN3O4S. The number of nitrogens with one attached hydrogen (secondary N) is 1. The zero-order valence-electron chi connectivity index (χ0n) is 17.2. The third kappa shape index (κ3) is 5.65. The monoisotopic (exact) mass is 459 g/mol. The van der Waals surface area contributed by atoms with E-state index in [0.29, 0.717) is 39.7 Å². The summed E-state index contributed by atoms with van der Waals surface area (Å²) in [6.45, 7) is 2.81. The number of ether oxygens (including phenoxy) is 1. The Balaban J connectivity index is 1.67. The van der Waals surface area contributed by atoms with Gasteiger partial charge in [-0.2, -0.15) is 0 Å². The first-order chi connectivity index (χ1) is 14.9. The normalized spacial score (nSPS) is 10.8. The smallest absolute Gasteiger partial charge is 0.337 e. The van der Waals surface area contributed by atoms with Crippen molar-refractivity contribution in [3.05, 3.63) is 69.0 Å². The lowest BCUT2D eigenvalue weighted by Crippen LogP contribution is -2.26. The molecule has 1 N–H and O–H groups in total. The van der Waals surface area contributed by atoms with E-state index < -0.39 is 5.97 Å². The lowest BCUT2D eigenvalue weighted by atomic mass is 10.1. The number of halogens is 1. The first-order valence-corrected chi connectivity index (χ1v) is 11.1. The highest BCUT2D eigenvalue weighted by molar-refractivity contribution is 7.99. The summed E-state index contributed by atoms with van der Waals surface area (Å²) in [5.74, 6) is -0.484. The van der Waals surface area contributed by atoms with E-state index in [1.807, 2.05) is 6.92 Å². The summed E-state index contributed by atoms with van der Waals surface area (Å²) in [6, 6.07) is 11.8. The van der Waals surface area contributed by atoms with Crippen molar-refractivity contribution in [3.8, 4) is 0 Å². The molecule has 31 heavy (non-hydrogen) atoms. The van der Waals surface area contributed by atoms with Gasteiger partial charge in [-0.05, 0) is 42.3 Å². The van der Waals surface area contributed by atoms with Crippen LogP contribution in [0.2, 0.25) is 5.02 Å². The predicted octanol–water partition coefficient (Wildman–Crippen LogP) is 3.66. The molecule has 0 saturated heterocycles. The number of esters is 1. The highest BCUT2D eigenvalue weighted by Crippen LogP contribution is 2.20. The van der Waals surface area contributed by atoms with E-state index in [1.165, 1.54) is 18.9 Å². The number of nitrogens with zero attached hydrogens (tertiary/aromatic N) is 2. The minimum atomic E-state index is -0.408. The minimum absolute atomic E-state index is 0.114. The Morgan fingerprint density at radius 3 is 2.61 bits per heavy atom. The summed E-state index contributed by atoms with van der Waals surface area (Å²) in [7, 11) is 1.33. The van der Waals surface area contributed by atoms with Gasteiger partial charge in [0.05, 0.1) is 29.3 Å². The number of hydrogen-bond donors (Lipinski definition) is 1. The lowest BCUT2D eigenvalue weighted by molar-refractivity contribution is -0.118. The van der Waals surface area contributed by atoms with Crippen molar-refractivity contribution in [2.75, 3.05) is 12.9 Å². The Morgan fingerprint density at radius 1 is 1.19 bits per heavy atom. The van der Waals surface area contributed by atoms with Crippen LogP contribution in [-0.2, 0) is 22.6 Å². The topological polar surface area (TPSA) is 90.3 Å². The molecular weight excluding hydrogens is 438 g/mol. The second-order valence-corrected chi connectivity index (χ2v) is 8.15. The molecule has 0 bridgehead atoms. The zero-order valence-corrected chi connectivity index (χ0v) is 18.8. The van der Waals surface area contributed by atoms with E-state index in [1.54, 1.807) is 47.0 Å². The second kappa shape index (κ2) is 10.5. The van der Waals surface area contributed by atoms with E-state index >= 15 is 0 Å². The number of amides is 1. The van der Waals surface area contributed by atoms with Crippen LogP contribution in [0.4, 0.5) is 0 Å². The van der Waals surface area contributed by atoms with Crippen LogP contribution in [0.5, 0.6) is 0 Å². The lowest BCUT2D eigenvalue weighted by Gasteiger charge is -2.12. The Bertz CT molecular complexity index is 1160. The number of methoxy groups -OCH3 is 1. The van der Waals surface area contributed by atoms with Gasteiger partial charge in [-0.1, -0.05) is 42.4 Å². The molecule has 2 aromatic carbocycles. The molecule has 162 valence electrons. The molecule has 0 aliphatic carbocycles. The number of hydrogen-bond acceptors (Lipinski definition) is 6. The van der Waals surface area contributed by atoms with Crippen LogP contribution in [0.1, 0.15) is 29.3 Å². The highest BCUT2D eigenvalue weighted by Gasteiger charge is 2.13. The molecule has 3 aromatic rings. The third-order valence-corrected chi connectivity index (χ3v) is 5.74. The van der Waals surface area contributed by atoms with E-state index in [0.717, 1.165) is 12.0 Å². The molecule has 0 atom stereocenters. The van der Waals surface area contributed by atoms with Gasteiger partial charge in [0.2, 0.25) is 5.91 Å². The average molecular weight is 460 g/mol. The largest absolute Gasteiger partial charge is 0.465 e. The summed E-state index contributed by atoms with van der Waals surface area (Å²) in [5.41, 5.74) is 1.67. The van der Waals surface area contributed by atoms with Gasteiger partial charge in [-0.3, -0.25) is 14.2 Å². The van der Waals surface area contributed by atoms with Gasteiger partial charge >= 0.3 is 5.97 Å². The quantitative estimate of drug-likeness (QED) is 0.314. The molecule has 0 radical (unpaired) electrons. The van der Waals surface area contributed by atoms with Crippen molar-refractivity contribution < 1.29 is 14.3 Å². The molecule has 0 unspecified atom stereocenters. The van der Waals surface area contributed by atoms with Crippen molar-refractivity contribution in [3.63, 3.8) is 0 Å². The maximum Gasteiger partial charge on any atom is 0.337 e. The third-order valence-electron chi connectivity index (χ3n) is 4.53. The molecule has 0 aliphatic heterocycles. The van der Waals surface area contributed by atoms with Crippen molar-refractivity contribution >= 4 is 46.1 Å². The summed E-state index contributed by atoms with van der Waals surface area (Å²) in [4.78, 5) is 41.2. The van der Waals surface area contributed by atoms with E-state index in [-0.39, 0.29) is 17.2 Å². The summed E-state index contributed by atoms with van der Waals surface area (Å²) >= 11 is 7.25. The van der Waals surface area contributed by atoms with Crippen molar-refractivity contribution in [2.45, 2.75) is 31.6 Å². The van der Waals surface area contributed by atoms with E-state index in [2.05, 4.69) is 15.0 Å². The van der Waals surface area contributed by atoms with Crippen LogP contribution in [0.15, 0.2) is 52.4 Å². The van der Waals surface area contributed by atoms with Crippen LogP contribution >= 0.6 is 23.4 Å². The summed E-state index contributed by atoms with van der Waals surface area (Å²) < 4.78 is 6.26. The summed E-state index contributed by atoms with van der Waals surface area (Å²) in [6.07, 6.45) is 0.766. The first kappa shape index (κ1) is 22.8. The molecule has 9 heteroatoms. The number of benzene rings is 2. The first-order valence-electron chi connectivity index (χ1n) is 9.69. The maximum absolute atomic E-state index is 12.8. The molecule has 0 aliphatic rings. The summed E-state index contributed by atoms with van der Waals surface area (Å²) in [5, 5.41) is 4.32. The Labute approximate surface area is 188 Å². The van der Waals surface area contributed by atoms with Gasteiger partial charge in [-0.25, -0.2) is 9.78 Å². The van der Waals surface area contributed by atoms with Gasteiger partial charge in [0.1, 0.15) is 0 Å². The van der Waals surface area contributed by atoms with Gasteiger partial charge in [0, 0.05) is 18.1 Å². The van der Waals surface area contributed by atoms with Crippen LogP contribution in [-0.4, -0.2) is 34.3 Å². The van der Waals surface area contributed by atoms with Crippen LogP contribution in [0.3, 0.4) is 0 Å². The molecule has 3 rings (SSSR count). The molecule has 0 spiro atoms. The second-order valence-electron chi connectivity index (χ2n) is 6.77. The molecule has 1 aromatic heterocycles. The van der Waals surface area contributed by atoms with E-state index in [4.69, 9.17) is 11.6 Å². The Kier molecular flexibility index (Phi) is 7.70. The molecule has 1 heterocycles. The van der Waals surface area contributed by atoms with Gasteiger partial charge in [-0.15, -0.1) is 0 Å². The van der Waals surface area contributed by atoms with Gasteiger partial charge < -0.3 is 10.1 Å². The van der Waals surface area contributed by atoms with Crippen molar-refractivity contribution in [1.29, 1.82) is 0 Å². The number of carbonyl (C=O) groups is 2. The Morgan fingerprint density at radius 2 is 1.94 bits per heavy atom. The van der Waals surface area contributed by atoms with E-state index in [9.17, 15) is 14.4 Å². The predicted molar refractivity (Wildman–Crippen MR) is 122 cm³/mol. The molecule has 7 nitrogen and oxygen atoms in total. The number of thioether (sulfide) groups is 1. The maximum atomic E-state index is 12.8. The van der Waals surface area contributed by atoms with Crippen LogP contribution < -0.4 is 10.9 Å². The van der Waals surface area contributed by atoms with Gasteiger partial charge in [0.15, 0.2) is 5.16 Å². The number of fused-ring (bicyclic) bond motifs is 1. The minimum Gasteiger partial charge on any atom is -0.465 e. The standard InChI is InChI=1S/C22H22ClN3O4S/c1-3-10-26-20(28)17-9-8-16(23)11-18(17)25-22(26)31-13-19(27)24-12-14-4-6-15(7-5-14)21(29)30-2/h4-9,11H,3,10,12-13H2,1-2H3,(H,24,27). The zero-order chi connectivity index (χ0) is 22.4. The number of carbonyl (C=O) groups excluding carboxylic acids is 2. The fourth-order valence-corrected chi connectivity index (χ4v) is 3.98. The fraction of sp³-hybridized carbons (Fsp3) is 0.273. The average Bonchev–Trinajstić information content (AvgIpc) is 2.78. The Hall–Kier alpha value is -2.84.